The smallest absolute Gasteiger partial charge is 0.405 e. The minimum Gasteiger partial charge on any atom is -0.478 e. The topological polar surface area (TPSA) is 84.2 Å². The summed E-state index contributed by atoms with van der Waals surface area (Å²) >= 11 is 0. The Kier molecular flexibility index (Phi) is 3.94. The fourth-order valence-corrected chi connectivity index (χ4v) is 1.21. The van der Waals surface area contributed by atoms with Crippen LogP contribution in [0.3, 0.4) is 0 Å². The highest BCUT2D eigenvalue weighted by Gasteiger charge is 2.27. The molecule has 1 aromatic rings. The van der Waals surface area contributed by atoms with Gasteiger partial charge in [0.05, 0.1) is 5.69 Å². The lowest BCUT2D eigenvalue weighted by atomic mass is 10.3. The third-order valence-electron chi connectivity index (χ3n) is 1.97. The van der Waals surface area contributed by atoms with E-state index >= 15 is 0 Å². The van der Waals surface area contributed by atoms with Crippen molar-refractivity contribution in [2.24, 2.45) is 0 Å². The molecule has 0 unspecified atom stereocenters. The Morgan fingerprint density at radius 2 is 2.11 bits per heavy atom. The number of carbonyl (C=O) groups excluding carboxylic acids is 1. The van der Waals surface area contributed by atoms with Crippen LogP contribution >= 0.6 is 0 Å². The molecule has 0 saturated carbocycles. The zero-order chi connectivity index (χ0) is 13.9. The molecule has 1 heterocycles. The molecule has 1 amide bonds. The summed E-state index contributed by atoms with van der Waals surface area (Å²) in [7, 11) is 0. The van der Waals surface area contributed by atoms with Crippen LogP contribution in [0.15, 0.2) is 6.20 Å². The highest BCUT2D eigenvalue weighted by Crippen LogP contribution is 2.12. The number of amides is 1. The molecule has 100 valence electrons. The summed E-state index contributed by atoms with van der Waals surface area (Å²) in [6.07, 6.45) is -3.40. The first-order valence-corrected chi connectivity index (χ1v) is 4.80. The van der Waals surface area contributed by atoms with E-state index in [2.05, 4.69) is 5.10 Å². The van der Waals surface area contributed by atoms with E-state index in [1.165, 1.54) is 6.92 Å². The maximum Gasteiger partial charge on any atom is 0.405 e. The maximum absolute atomic E-state index is 11.8. The van der Waals surface area contributed by atoms with Gasteiger partial charge in [-0.25, -0.2) is 4.79 Å². The number of aryl methyl sites for hydroxylation is 1. The van der Waals surface area contributed by atoms with Crippen molar-refractivity contribution in [1.82, 2.24) is 15.1 Å². The van der Waals surface area contributed by atoms with Gasteiger partial charge in [-0.2, -0.15) is 18.3 Å². The van der Waals surface area contributed by atoms with Gasteiger partial charge in [0, 0.05) is 6.20 Å². The number of alkyl halides is 3. The van der Waals surface area contributed by atoms with Crippen LogP contribution in [0.4, 0.5) is 13.2 Å². The van der Waals surface area contributed by atoms with Crippen LogP contribution in [0.5, 0.6) is 0 Å². The fraction of sp³-hybridized carbons (Fsp3) is 0.444. The molecule has 2 N–H and O–H groups in total. The molecule has 0 aliphatic rings. The monoisotopic (exact) mass is 265 g/mol. The van der Waals surface area contributed by atoms with Crippen LogP contribution in [-0.4, -0.2) is 39.5 Å². The first-order chi connectivity index (χ1) is 8.19. The lowest BCUT2D eigenvalue weighted by molar-refractivity contribution is -0.138. The Bertz CT molecular complexity index is 467. The zero-order valence-electron chi connectivity index (χ0n) is 9.28. The molecular formula is C9H10F3N3O3. The molecule has 0 aliphatic carbocycles. The molecule has 6 nitrogen and oxygen atoms in total. The van der Waals surface area contributed by atoms with Crippen LogP contribution in [0, 0.1) is 6.92 Å². The summed E-state index contributed by atoms with van der Waals surface area (Å²) in [5.41, 5.74) is 0.0877. The predicted octanol–water partition coefficient (Wildman–Crippen LogP) is 0.568. The molecule has 0 radical (unpaired) electrons. The lowest BCUT2D eigenvalue weighted by Gasteiger charge is -2.08. The van der Waals surface area contributed by atoms with Gasteiger partial charge in [0.15, 0.2) is 0 Å². The molecule has 18 heavy (non-hydrogen) atoms. The van der Waals surface area contributed by atoms with E-state index < -0.39 is 31.1 Å². The van der Waals surface area contributed by atoms with E-state index in [0.29, 0.717) is 0 Å². The number of halogens is 3. The zero-order valence-corrected chi connectivity index (χ0v) is 9.28. The number of nitrogens with zero attached hydrogens (tertiary/aromatic N) is 2. The van der Waals surface area contributed by atoms with E-state index in [4.69, 9.17) is 5.11 Å². The molecule has 9 heteroatoms. The summed E-state index contributed by atoms with van der Waals surface area (Å²) < 4.78 is 36.4. The number of carboxylic acid groups (broad SMARTS) is 1. The van der Waals surface area contributed by atoms with E-state index in [1.54, 1.807) is 5.32 Å². The number of aromatic carboxylic acids is 1. The quantitative estimate of drug-likeness (QED) is 0.833. The number of hydrogen-bond acceptors (Lipinski definition) is 3. The molecule has 0 saturated heterocycles. The third kappa shape index (κ3) is 4.07. The van der Waals surface area contributed by atoms with Crippen molar-refractivity contribution < 1.29 is 27.9 Å². The van der Waals surface area contributed by atoms with Gasteiger partial charge >= 0.3 is 12.1 Å². The second-order valence-electron chi connectivity index (χ2n) is 3.52. The number of hydrogen-bond donors (Lipinski definition) is 2. The molecule has 1 rings (SSSR count). The number of aromatic nitrogens is 2. The predicted molar refractivity (Wildman–Crippen MR) is 53.0 cm³/mol. The largest absolute Gasteiger partial charge is 0.478 e. The van der Waals surface area contributed by atoms with Gasteiger partial charge in [0.25, 0.3) is 0 Å². The highest BCUT2D eigenvalue weighted by molar-refractivity contribution is 5.88. The highest BCUT2D eigenvalue weighted by atomic mass is 19.4. The van der Waals surface area contributed by atoms with Gasteiger partial charge in [-0.05, 0) is 6.92 Å². The lowest BCUT2D eigenvalue weighted by Crippen LogP contribution is -2.35. The second kappa shape index (κ2) is 5.07. The minimum absolute atomic E-state index is 0.0985. The van der Waals surface area contributed by atoms with E-state index in [1.807, 2.05) is 0 Å². The van der Waals surface area contributed by atoms with Crippen molar-refractivity contribution in [2.75, 3.05) is 6.54 Å². The molecule has 0 fully saturated rings. The molecule has 0 atom stereocenters. The molecular weight excluding hydrogens is 255 g/mol. The molecule has 0 bridgehead atoms. The van der Waals surface area contributed by atoms with Gasteiger partial charge in [0.2, 0.25) is 5.91 Å². The average Bonchev–Trinajstić information content (AvgIpc) is 2.55. The van der Waals surface area contributed by atoms with Crippen molar-refractivity contribution in [3.05, 3.63) is 17.5 Å². The van der Waals surface area contributed by atoms with E-state index in [-0.39, 0.29) is 11.3 Å². The molecule has 0 spiro atoms. The van der Waals surface area contributed by atoms with Gasteiger partial charge in [0.1, 0.15) is 18.7 Å². The van der Waals surface area contributed by atoms with E-state index in [9.17, 15) is 22.8 Å². The van der Waals surface area contributed by atoms with Crippen molar-refractivity contribution in [1.29, 1.82) is 0 Å². The van der Waals surface area contributed by atoms with Gasteiger partial charge in [-0.15, -0.1) is 0 Å². The first kappa shape index (κ1) is 14.0. The van der Waals surface area contributed by atoms with Crippen LogP contribution in [0.1, 0.15) is 16.1 Å². The van der Waals surface area contributed by atoms with Crippen LogP contribution < -0.4 is 5.32 Å². The Morgan fingerprint density at radius 3 is 2.56 bits per heavy atom. The summed E-state index contributed by atoms with van der Waals surface area (Å²) in [6, 6.07) is 0. The molecule has 0 aromatic carbocycles. The normalized spacial score (nSPS) is 11.3. The third-order valence-corrected chi connectivity index (χ3v) is 1.97. The number of carboxylic acids is 1. The summed E-state index contributed by atoms with van der Waals surface area (Å²) in [5, 5.41) is 14.1. The van der Waals surface area contributed by atoms with Crippen molar-refractivity contribution in [2.45, 2.75) is 19.6 Å². The average molecular weight is 265 g/mol. The summed E-state index contributed by atoms with van der Waals surface area (Å²) in [6.45, 7) is -0.477. The van der Waals surface area contributed by atoms with Gasteiger partial charge in [-0.3, -0.25) is 9.48 Å². The van der Waals surface area contributed by atoms with E-state index in [0.717, 1.165) is 10.9 Å². The minimum atomic E-state index is -4.48. The Morgan fingerprint density at radius 1 is 1.50 bits per heavy atom. The maximum atomic E-state index is 11.8. The van der Waals surface area contributed by atoms with Crippen molar-refractivity contribution in [3.63, 3.8) is 0 Å². The van der Waals surface area contributed by atoms with Crippen LogP contribution in [0.2, 0.25) is 0 Å². The van der Waals surface area contributed by atoms with Crippen LogP contribution in [-0.2, 0) is 11.3 Å². The Hall–Kier alpha value is -2.06. The molecule has 0 aliphatic heterocycles. The number of carbonyl (C=O) groups is 2. The standard InChI is InChI=1S/C9H10F3N3O3/c1-5-6(8(17)18)2-15(14-5)3-7(16)13-4-9(10,11)12/h2H,3-4H2,1H3,(H,13,16)(H,17,18). The number of rotatable bonds is 4. The van der Waals surface area contributed by atoms with Crippen molar-refractivity contribution in [3.8, 4) is 0 Å². The Balaban J connectivity index is 2.60. The van der Waals surface area contributed by atoms with Crippen LogP contribution in [0.25, 0.3) is 0 Å². The SMILES string of the molecule is Cc1nn(CC(=O)NCC(F)(F)F)cc1C(=O)O. The molecule has 1 aromatic heterocycles. The summed E-state index contributed by atoms with van der Waals surface area (Å²) in [4.78, 5) is 21.8. The van der Waals surface area contributed by atoms with Gasteiger partial charge in [-0.1, -0.05) is 0 Å². The second-order valence-corrected chi connectivity index (χ2v) is 3.52. The fourth-order valence-electron chi connectivity index (χ4n) is 1.21. The number of nitrogens with one attached hydrogen (secondary N) is 1. The first-order valence-electron chi connectivity index (χ1n) is 4.80. The van der Waals surface area contributed by atoms with Crippen molar-refractivity contribution >= 4 is 11.9 Å². The Labute approximate surface area is 99.4 Å². The van der Waals surface area contributed by atoms with Gasteiger partial charge < -0.3 is 10.4 Å². The summed E-state index contributed by atoms with van der Waals surface area (Å²) in [5.74, 6) is -2.11.